The van der Waals surface area contributed by atoms with Gasteiger partial charge in [-0.3, -0.25) is 5.32 Å². The van der Waals surface area contributed by atoms with Gasteiger partial charge in [0.05, 0.1) is 5.75 Å². The average molecular weight is 340 g/mol. The molecule has 1 aromatic rings. The molecule has 0 atom stereocenters. The molecule has 0 saturated carbocycles. The minimum atomic E-state index is -3.75. The van der Waals surface area contributed by atoms with E-state index in [2.05, 4.69) is 5.32 Å². The summed E-state index contributed by atoms with van der Waals surface area (Å²) in [6.07, 6.45) is -0.701. The van der Waals surface area contributed by atoms with Crippen molar-refractivity contribution in [3.8, 4) is 0 Å². The Morgan fingerprint density at radius 3 is 2.45 bits per heavy atom. The highest BCUT2D eigenvalue weighted by Crippen LogP contribution is 2.24. The molecule has 1 amide bonds. The molecule has 112 valence electrons. The first-order chi connectivity index (χ1) is 8.96. The Balaban J connectivity index is 2.98. The highest BCUT2D eigenvalue weighted by atomic mass is 35.7. The van der Waals surface area contributed by atoms with Crippen molar-refractivity contribution >= 4 is 43.1 Å². The van der Waals surface area contributed by atoms with Gasteiger partial charge in [0, 0.05) is 21.4 Å². The molecule has 1 rings (SSSR count). The number of hydrogen-bond donors (Lipinski definition) is 1. The van der Waals surface area contributed by atoms with Crippen molar-refractivity contribution in [3.63, 3.8) is 0 Å². The first-order valence-electron chi connectivity index (χ1n) is 5.67. The maximum Gasteiger partial charge on any atom is 0.412 e. The predicted molar refractivity (Wildman–Crippen MR) is 79.8 cm³/mol. The van der Waals surface area contributed by atoms with E-state index in [9.17, 15) is 13.2 Å². The molecule has 1 N–H and O–H groups in total. The zero-order valence-electron chi connectivity index (χ0n) is 11.2. The largest absolute Gasteiger partial charge is 0.444 e. The fourth-order valence-corrected chi connectivity index (χ4v) is 2.54. The minimum absolute atomic E-state index is 0.246. The maximum absolute atomic E-state index is 11.7. The number of rotatable bonds is 3. The van der Waals surface area contributed by atoms with E-state index in [0.29, 0.717) is 10.6 Å². The Bertz CT molecular complexity index is 608. The average Bonchev–Trinajstić information content (AvgIpc) is 2.17. The molecule has 0 bridgehead atoms. The number of carbonyl (C=O) groups is 1. The Morgan fingerprint density at radius 2 is 1.95 bits per heavy atom. The molecule has 0 unspecified atom stereocenters. The zero-order chi connectivity index (χ0) is 15.6. The summed E-state index contributed by atoms with van der Waals surface area (Å²) in [6, 6.07) is 4.43. The normalized spacial score (nSPS) is 12.1. The Labute approximate surface area is 127 Å². The van der Waals surface area contributed by atoms with Crippen LogP contribution in [0.3, 0.4) is 0 Å². The Morgan fingerprint density at radius 1 is 1.35 bits per heavy atom. The molecular formula is C12H15Cl2NO4S. The molecule has 8 heteroatoms. The van der Waals surface area contributed by atoms with Gasteiger partial charge in [-0.2, -0.15) is 0 Å². The summed E-state index contributed by atoms with van der Waals surface area (Å²) >= 11 is 5.83. The minimum Gasteiger partial charge on any atom is -0.444 e. The van der Waals surface area contributed by atoms with Crippen LogP contribution in [0.5, 0.6) is 0 Å². The highest BCUT2D eigenvalue weighted by Gasteiger charge is 2.18. The number of carbonyl (C=O) groups excluding carboxylic acids is 1. The van der Waals surface area contributed by atoms with Crippen molar-refractivity contribution in [2.45, 2.75) is 32.1 Å². The van der Waals surface area contributed by atoms with Crippen LogP contribution in [-0.2, 0) is 19.5 Å². The van der Waals surface area contributed by atoms with Crippen LogP contribution in [0, 0.1) is 0 Å². The van der Waals surface area contributed by atoms with Gasteiger partial charge in [0.1, 0.15) is 5.60 Å². The van der Waals surface area contributed by atoms with E-state index < -0.39 is 26.5 Å². The van der Waals surface area contributed by atoms with Crippen LogP contribution >= 0.6 is 22.3 Å². The fraction of sp³-hybridized carbons (Fsp3) is 0.417. The number of halogens is 2. The van der Waals surface area contributed by atoms with Gasteiger partial charge in [-0.25, -0.2) is 13.2 Å². The van der Waals surface area contributed by atoms with Gasteiger partial charge < -0.3 is 4.74 Å². The summed E-state index contributed by atoms with van der Waals surface area (Å²) in [6.45, 7) is 5.15. The lowest BCUT2D eigenvalue weighted by molar-refractivity contribution is 0.0636. The topological polar surface area (TPSA) is 72.5 Å². The van der Waals surface area contributed by atoms with Gasteiger partial charge in [0.25, 0.3) is 0 Å². The Hall–Kier alpha value is -0.980. The molecule has 0 fully saturated rings. The molecular weight excluding hydrogens is 325 g/mol. The van der Waals surface area contributed by atoms with Crippen molar-refractivity contribution in [3.05, 3.63) is 28.8 Å². The predicted octanol–water partition coefficient (Wildman–Crippen LogP) is 3.76. The number of ether oxygens (including phenoxy) is 1. The lowest BCUT2D eigenvalue weighted by Gasteiger charge is -2.20. The van der Waals surface area contributed by atoms with Crippen molar-refractivity contribution in [2.75, 3.05) is 5.32 Å². The van der Waals surface area contributed by atoms with Crippen LogP contribution < -0.4 is 5.32 Å². The highest BCUT2D eigenvalue weighted by molar-refractivity contribution is 8.13. The molecule has 0 radical (unpaired) electrons. The van der Waals surface area contributed by atoms with Crippen LogP contribution in [0.2, 0.25) is 5.02 Å². The van der Waals surface area contributed by atoms with Crippen molar-refractivity contribution in [2.24, 2.45) is 0 Å². The van der Waals surface area contributed by atoms with Gasteiger partial charge in [-0.15, -0.1) is 0 Å². The van der Waals surface area contributed by atoms with Crippen molar-refractivity contribution in [1.82, 2.24) is 0 Å². The van der Waals surface area contributed by atoms with E-state index in [4.69, 9.17) is 27.0 Å². The van der Waals surface area contributed by atoms with Gasteiger partial charge in [0.15, 0.2) is 0 Å². The van der Waals surface area contributed by atoms with Crippen molar-refractivity contribution < 1.29 is 17.9 Å². The van der Waals surface area contributed by atoms with Crippen molar-refractivity contribution in [1.29, 1.82) is 0 Å². The van der Waals surface area contributed by atoms with E-state index in [1.54, 1.807) is 20.8 Å². The van der Waals surface area contributed by atoms with Gasteiger partial charge in [-0.05, 0) is 38.5 Å². The smallest absolute Gasteiger partial charge is 0.412 e. The van der Waals surface area contributed by atoms with Crippen LogP contribution in [0.4, 0.5) is 10.5 Å². The standard InChI is InChI=1S/C12H15Cl2NO4S/c1-12(2,3)19-11(16)15-10-6-9(13)5-4-8(10)7-20(14,17)18/h4-6H,7H2,1-3H3,(H,15,16). The second-order valence-corrected chi connectivity index (χ2v) is 8.32. The summed E-state index contributed by atoms with van der Waals surface area (Å²) in [5, 5.41) is 2.82. The monoisotopic (exact) mass is 339 g/mol. The molecule has 0 aliphatic carbocycles. The zero-order valence-corrected chi connectivity index (χ0v) is 13.6. The molecule has 0 spiro atoms. The summed E-state index contributed by atoms with van der Waals surface area (Å²) < 4.78 is 27.4. The third-order valence-electron chi connectivity index (χ3n) is 2.04. The van der Waals surface area contributed by atoms with Crippen LogP contribution in [0.25, 0.3) is 0 Å². The number of nitrogens with one attached hydrogen (secondary N) is 1. The van der Waals surface area contributed by atoms with Gasteiger partial charge in [0.2, 0.25) is 9.05 Å². The quantitative estimate of drug-likeness (QED) is 0.851. The number of anilines is 1. The molecule has 5 nitrogen and oxygen atoms in total. The summed E-state index contributed by atoms with van der Waals surface area (Å²) in [5.74, 6) is -0.420. The second kappa shape index (κ2) is 6.20. The molecule has 0 aliphatic heterocycles. The molecule has 0 saturated heterocycles. The first-order valence-corrected chi connectivity index (χ1v) is 8.53. The van der Waals surface area contributed by atoms with Crippen LogP contribution in [0.15, 0.2) is 18.2 Å². The number of amides is 1. The van der Waals surface area contributed by atoms with Crippen LogP contribution in [-0.4, -0.2) is 20.1 Å². The first kappa shape index (κ1) is 17.1. The number of hydrogen-bond acceptors (Lipinski definition) is 4. The molecule has 0 aliphatic rings. The molecule has 0 aromatic heterocycles. The summed E-state index contributed by atoms with van der Waals surface area (Å²) in [5.41, 5.74) is -0.0901. The van der Waals surface area contributed by atoms with Crippen LogP contribution in [0.1, 0.15) is 26.3 Å². The van der Waals surface area contributed by atoms with Gasteiger partial charge in [-0.1, -0.05) is 17.7 Å². The maximum atomic E-state index is 11.7. The lowest BCUT2D eigenvalue weighted by Crippen LogP contribution is -2.27. The summed E-state index contributed by atoms with van der Waals surface area (Å²) in [7, 11) is 1.47. The van der Waals surface area contributed by atoms with E-state index in [-0.39, 0.29) is 5.69 Å². The third kappa shape index (κ3) is 6.45. The van der Waals surface area contributed by atoms with E-state index in [1.165, 1.54) is 18.2 Å². The van der Waals surface area contributed by atoms with E-state index >= 15 is 0 Å². The molecule has 1 aromatic carbocycles. The molecule has 20 heavy (non-hydrogen) atoms. The van der Waals surface area contributed by atoms with E-state index in [0.717, 1.165) is 0 Å². The van der Waals surface area contributed by atoms with E-state index in [1.807, 2.05) is 0 Å². The number of benzene rings is 1. The fourth-order valence-electron chi connectivity index (χ4n) is 1.39. The summed E-state index contributed by atoms with van der Waals surface area (Å²) in [4.78, 5) is 11.7. The Kier molecular flexibility index (Phi) is 5.29. The van der Waals surface area contributed by atoms with Gasteiger partial charge >= 0.3 is 6.09 Å². The lowest BCUT2D eigenvalue weighted by atomic mass is 10.2. The second-order valence-electron chi connectivity index (χ2n) is 5.11. The molecule has 0 heterocycles. The third-order valence-corrected chi connectivity index (χ3v) is 3.25. The SMILES string of the molecule is CC(C)(C)OC(=O)Nc1cc(Cl)ccc1CS(=O)(=O)Cl.